The molecule has 0 atom stereocenters. The van der Waals surface area contributed by atoms with E-state index < -0.39 is 6.09 Å². The van der Waals surface area contributed by atoms with Gasteiger partial charge in [-0.1, -0.05) is 6.07 Å². The molecule has 1 saturated heterocycles. The smallest absolute Gasteiger partial charge is 0.411 e. The van der Waals surface area contributed by atoms with Gasteiger partial charge >= 0.3 is 12.1 Å². The predicted octanol–water partition coefficient (Wildman–Crippen LogP) is 2.88. The normalized spacial score (nSPS) is 17.9. The molecular weight excluding hydrogens is 320 g/mol. The lowest BCUT2D eigenvalue weighted by Crippen LogP contribution is -2.50. The summed E-state index contributed by atoms with van der Waals surface area (Å²) in [5, 5.41) is 5.66. The summed E-state index contributed by atoms with van der Waals surface area (Å²) in [6.45, 7) is 7.33. The van der Waals surface area contributed by atoms with Crippen LogP contribution in [0.15, 0.2) is 18.2 Å². The second kappa shape index (κ2) is 7.74. The standard InChI is InChI=1S/C18H26N4O3/c1-3-25-18(24)20-16-6-4-5-15(13(16)2)19-17(23)22-11-9-21(10-12-22)14-7-8-14/h4-6,14H,3,7-12H2,1-2H3,(H,19,23)(H,20,24). The molecule has 1 aromatic rings. The Balaban J connectivity index is 1.58. The first-order chi connectivity index (χ1) is 12.1. The Hall–Kier alpha value is -2.28. The number of rotatable bonds is 4. The van der Waals surface area contributed by atoms with Crippen LogP contribution in [0.1, 0.15) is 25.3 Å². The number of benzene rings is 1. The number of amides is 3. The summed E-state index contributed by atoms with van der Waals surface area (Å²) >= 11 is 0. The molecule has 3 rings (SSSR count). The van der Waals surface area contributed by atoms with Crippen molar-refractivity contribution < 1.29 is 14.3 Å². The van der Waals surface area contributed by atoms with Crippen molar-refractivity contribution in [3.05, 3.63) is 23.8 Å². The number of nitrogens with one attached hydrogen (secondary N) is 2. The summed E-state index contributed by atoms with van der Waals surface area (Å²) in [6.07, 6.45) is 2.10. The summed E-state index contributed by atoms with van der Waals surface area (Å²) in [5.74, 6) is 0. The first-order valence-corrected chi connectivity index (χ1v) is 8.92. The molecule has 0 spiro atoms. The van der Waals surface area contributed by atoms with Crippen LogP contribution < -0.4 is 10.6 Å². The fourth-order valence-electron chi connectivity index (χ4n) is 3.11. The van der Waals surface area contributed by atoms with Crippen LogP contribution in [0.2, 0.25) is 0 Å². The van der Waals surface area contributed by atoms with E-state index in [1.165, 1.54) is 12.8 Å². The minimum absolute atomic E-state index is 0.0909. The van der Waals surface area contributed by atoms with Crippen molar-refractivity contribution in [2.24, 2.45) is 0 Å². The Morgan fingerprint density at radius 3 is 2.36 bits per heavy atom. The van der Waals surface area contributed by atoms with Gasteiger partial charge < -0.3 is 15.0 Å². The van der Waals surface area contributed by atoms with Crippen molar-refractivity contribution in [1.29, 1.82) is 0 Å². The summed E-state index contributed by atoms with van der Waals surface area (Å²) in [7, 11) is 0. The van der Waals surface area contributed by atoms with Crippen LogP contribution in [0, 0.1) is 6.92 Å². The van der Waals surface area contributed by atoms with Crippen molar-refractivity contribution in [3.63, 3.8) is 0 Å². The molecule has 0 unspecified atom stereocenters. The minimum Gasteiger partial charge on any atom is -0.450 e. The van der Waals surface area contributed by atoms with E-state index in [9.17, 15) is 9.59 Å². The summed E-state index contributed by atoms with van der Waals surface area (Å²) < 4.78 is 4.90. The zero-order chi connectivity index (χ0) is 17.8. The zero-order valence-electron chi connectivity index (χ0n) is 14.9. The Morgan fingerprint density at radius 2 is 1.76 bits per heavy atom. The van der Waals surface area contributed by atoms with Crippen molar-refractivity contribution in [2.75, 3.05) is 43.4 Å². The van der Waals surface area contributed by atoms with Crippen LogP contribution in [0.25, 0.3) is 0 Å². The van der Waals surface area contributed by atoms with Crippen LogP contribution in [-0.4, -0.2) is 60.8 Å². The Labute approximate surface area is 148 Å². The van der Waals surface area contributed by atoms with Gasteiger partial charge in [-0.3, -0.25) is 10.2 Å². The number of hydrogen-bond donors (Lipinski definition) is 2. The van der Waals surface area contributed by atoms with Gasteiger partial charge in [-0.05, 0) is 44.4 Å². The van der Waals surface area contributed by atoms with E-state index in [1.54, 1.807) is 19.1 Å². The lowest BCUT2D eigenvalue weighted by atomic mass is 10.1. The number of hydrogen-bond acceptors (Lipinski definition) is 4. The van der Waals surface area contributed by atoms with Gasteiger partial charge in [0.2, 0.25) is 0 Å². The van der Waals surface area contributed by atoms with E-state index in [0.717, 1.165) is 37.8 Å². The number of urea groups is 1. The number of anilines is 2. The minimum atomic E-state index is -0.495. The van der Waals surface area contributed by atoms with Gasteiger partial charge in [-0.2, -0.15) is 0 Å². The average Bonchev–Trinajstić information content (AvgIpc) is 3.44. The third kappa shape index (κ3) is 4.42. The highest BCUT2D eigenvalue weighted by atomic mass is 16.5. The Morgan fingerprint density at radius 1 is 1.12 bits per heavy atom. The Kier molecular flexibility index (Phi) is 5.43. The fraction of sp³-hybridized carbons (Fsp3) is 0.556. The molecule has 1 heterocycles. The van der Waals surface area contributed by atoms with Crippen LogP contribution in [0.3, 0.4) is 0 Å². The number of carbonyl (C=O) groups is 2. The predicted molar refractivity (Wildman–Crippen MR) is 97.0 cm³/mol. The molecule has 1 saturated carbocycles. The monoisotopic (exact) mass is 346 g/mol. The Bertz CT molecular complexity index is 637. The van der Waals surface area contributed by atoms with Crippen LogP contribution >= 0.6 is 0 Å². The molecule has 0 bridgehead atoms. The topological polar surface area (TPSA) is 73.9 Å². The SMILES string of the molecule is CCOC(=O)Nc1cccc(NC(=O)N2CCN(C3CC3)CC2)c1C. The van der Waals surface area contributed by atoms with Gasteiger partial charge in [-0.25, -0.2) is 9.59 Å². The van der Waals surface area contributed by atoms with Gasteiger partial charge in [0.05, 0.1) is 6.61 Å². The third-order valence-corrected chi connectivity index (χ3v) is 4.75. The first kappa shape index (κ1) is 17.5. The summed E-state index contributed by atoms with van der Waals surface area (Å²) in [5.41, 5.74) is 2.14. The first-order valence-electron chi connectivity index (χ1n) is 8.92. The summed E-state index contributed by atoms with van der Waals surface area (Å²) in [4.78, 5) is 28.5. The molecule has 2 aliphatic rings. The highest BCUT2D eigenvalue weighted by Gasteiger charge is 2.32. The molecule has 7 heteroatoms. The lowest BCUT2D eigenvalue weighted by molar-refractivity contribution is 0.142. The van der Waals surface area contributed by atoms with E-state index in [2.05, 4.69) is 15.5 Å². The molecule has 1 aromatic carbocycles. The van der Waals surface area contributed by atoms with Crippen molar-refractivity contribution in [1.82, 2.24) is 9.80 Å². The quantitative estimate of drug-likeness (QED) is 0.879. The maximum atomic E-state index is 12.5. The largest absolute Gasteiger partial charge is 0.450 e. The maximum Gasteiger partial charge on any atom is 0.411 e. The van der Waals surface area contributed by atoms with Crippen molar-refractivity contribution >= 4 is 23.5 Å². The van der Waals surface area contributed by atoms with Crippen LogP contribution in [0.5, 0.6) is 0 Å². The number of carbonyl (C=O) groups excluding carboxylic acids is 2. The molecule has 1 aliphatic heterocycles. The molecular formula is C18H26N4O3. The average molecular weight is 346 g/mol. The highest BCUT2D eigenvalue weighted by Crippen LogP contribution is 2.28. The summed E-state index contributed by atoms with van der Waals surface area (Å²) in [6, 6.07) is 6.08. The molecule has 2 fully saturated rings. The number of piperazine rings is 1. The van der Waals surface area contributed by atoms with Gasteiger partial charge in [-0.15, -0.1) is 0 Å². The second-order valence-corrected chi connectivity index (χ2v) is 6.51. The van der Waals surface area contributed by atoms with E-state index in [0.29, 0.717) is 18.0 Å². The second-order valence-electron chi connectivity index (χ2n) is 6.51. The molecule has 0 aromatic heterocycles. The van der Waals surface area contributed by atoms with E-state index >= 15 is 0 Å². The van der Waals surface area contributed by atoms with E-state index in [1.807, 2.05) is 17.9 Å². The molecule has 136 valence electrons. The fourth-order valence-corrected chi connectivity index (χ4v) is 3.11. The van der Waals surface area contributed by atoms with Crippen molar-refractivity contribution in [2.45, 2.75) is 32.7 Å². The van der Waals surface area contributed by atoms with Gasteiger partial charge in [0.15, 0.2) is 0 Å². The molecule has 0 radical (unpaired) electrons. The van der Waals surface area contributed by atoms with E-state index in [-0.39, 0.29) is 6.03 Å². The number of nitrogens with zero attached hydrogens (tertiary/aromatic N) is 2. The lowest BCUT2D eigenvalue weighted by Gasteiger charge is -2.34. The molecule has 2 N–H and O–H groups in total. The number of ether oxygens (including phenoxy) is 1. The van der Waals surface area contributed by atoms with Crippen LogP contribution in [0.4, 0.5) is 21.0 Å². The molecule has 3 amide bonds. The van der Waals surface area contributed by atoms with Crippen molar-refractivity contribution in [3.8, 4) is 0 Å². The molecule has 7 nitrogen and oxygen atoms in total. The van der Waals surface area contributed by atoms with Crippen LogP contribution in [-0.2, 0) is 4.74 Å². The zero-order valence-corrected chi connectivity index (χ0v) is 14.9. The van der Waals surface area contributed by atoms with Gasteiger partial charge in [0, 0.05) is 43.6 Å². The maximum absolute atomic E-state index is 12.5. The highest BCUT2D eigenvalue weighted by molar-refractivity contribution is 5.93. The van der Waals surface area contributed by atoms with E-state index in [4.69, 9.17) is 4.74 Å². The van der Waals surface area contributed by atoms with Gasteiger partial charge in [0.1, 0.15) is 0 Å². The third-order valence-electron chi connectivity index (χ3n) is 4.75. The van der Waals surface area contributed by atoms with Gasteiger partial charge in [0.25, 0.3) is 0 Å². The molecule has 25 heavy (non-hydrogen) atoms. The molecule has 1 aliphatic carbocycles.